The standard InChI is InChI=1S/C19H13N5OS/c25-19-16(9-20-14-2-1-11-8-22-24-17(11)6-14)15-5-13(7-21-18(15)23-19)12-3-4-26-10-12/h1-10,25H,(H,21,23)(H,22,24). The van der Waals surface area contributed by atoms with Crippen LogP contribution in [0.5, 0.6) is 5.88 Å². The lowest BCUT2D eigenvalue weighted by Gasteiger charge is -1.98. The minimum Gasteiger partial charge on any atom is -0.494 e. The van der Waals surface area contributed by atoms with Crippen LogP contribution < -0.4 is 0 Å². The third-order valence-corrected chi connectivity index (χ3v) is 4.98. The van der Waals surface area contributed by atoms with Crippen LogP contribution in [0.15, 0.2) is 58.5 Å². The summed E-state index contributed by atoms with van der Waals surface area (Å²) >= 11 is 1.64. The molecular weight excluding hydrogens is 346 g/mol. The zero-order chi connectivity index (χ0) is 17.5. The van der Waals surface area contributed by atoms with Crippen molar-refractivity contribution in [3.63, 3.8) is 0 Å². The summed E-state index contributed by atoms with van der Waals surface area (Å²) in [4.78, 5) is 11.8. The van der Waals surface area contributed by atoms with Crippen LogP contribution in [0.2, 0.25) is 0 Å². The van der Waals surface area contributed by atoms with Gasteiger partial charge in [-0.1, -0.05) is 0 Å². The molecule has 4 heterocycles. The van der Waals surface area contributed by atoms with Gasteiger partial charge in [-0.25, -0.2) is 4.98 Å². The van der Waals surface area contributed by atoms with E-state index in [9.17, 15) is 5.11 Å². The molecule has 0 bridgehead atoms. The van der Waals surface area contributed by atoms with Gasteiger partial charge in [-0.3, -0.25) is 10.1 Å². The summed E-state index contributed by atoms with van der Waals surface area (Å²) < 4.78 is 0. The van der Waals surface area contributed by atoms with E-state index in [0.717, 1.165) is 33.1 Å². The van der Waals surface area contributed by atoms with Crippen molar-refractivity contribution in [1.82, 2.24) is 20.2 Å². The van der Waals surface area contributed by atoms with Crippen LogP contribution in [0.25, 0.3) is 33.1 Å². The minimum absolute atomic E-state index is 0.0568. The average molecular weight is 359 g/mol. The molecule has 126 valence electrons. The minimum atomic E-state index is 0.0568. The lowest BCUT2D eigenvalue weighted by atomic mass is 10.1. The van der Waals surface area contributed by atoms with E-state index in [1.54, 1.807) is 29.9 Å². The third-order valence-electron chi connectivity index (χ3n) is 4.29. The van der Waals surface area contributed by atoms with E-state index in [0.29, 0.717) is 11.2 Å². The molecule has 0 aliphatic carbocycles. The molecule has 3 N–H and O–H groups in total. The monoisotopic (exact) mass is 359 g/mol. The molecular formula is C19H13N5OS. The topological polar surface area (TPSA) is 89.9 Å². The fourth-order valence-electron chi connectivity index (χ4n) is 2.94. The number of hydrogen-bond donors (Lipinski definition) is 3. The molecule has 26 heavy (non-hydrogen) atoms. The summed E-state index contributed by atoms with van der Waals surface area (Å²) in [6, 6.07) is 9.85. The van der Waals surface area contributed by atoms with Gasteiger partial charge in [0.1, 0.15) is 5.65 Å². The van der Waals surface area contributed by atoms with Crippen molar-refractivity contribution >= 4 is 45.2 Å². The predicted molar refractivity (Wildman–Crippen MR) is 104 cm³/mol. The van der Waals surface area contributed by atoms with Gasteiger partial charge in [0.15, 0.2) is 5.88 Å². The first-order chi connectivity index (χ1) is 12.8. The van der Waals surface area contributed by atoms with Crippen molar-refractivity contribution < 1.29 is 5.11 Å². The molecule has 0 radical (unpaired) electrons. The normalized spacial score (nSPS) is 11.8. The third kappa shape index (κ3) is 2.46. The number of hydrogen-bond acceptors (Lipinski definition) is 5. The van der Waals surface area contributed by atoms with Gasteiger partial charge in [0.05, 0.1) is 23.0 Å². The Kier molecular flexibility index (Phi) is 3.32. The van der Waals surface area contributed by atoms with E-state index in [-0.39, 0.29) is 5.88 Å². The quantitative estimate of drug-likeness (QED) is 0.410. The number of rotatable bonds is 3. The average Bonchev–Trinajstić information content (AvgIpc) is 3.39. The SMILES string of the molecule is Oc1[nH]c2ncc(-c3ccsc3)cc2c1C=Nc1ccc2cn[nH]c2c1. The van der Waals surface area contributed by atoms with Crippen LogP contribution in [0, 0.1) is 0 Å². The Morgan fingerprint density at radius 2 is 2.08 bits per heavy atom. The molecule has 1 aromatic carbocycles. The molecule has 0 aliphatic rings. The van der Waals surface area contributed by atoms with E-state index >= 15 is 0 Å². The van der Waals surface area contributed by atoms with Gasteiger partial charge in [0.25, 0.3) is 0 Å². The molecule has 6 nitrogen and oxygen atoms in total. The highest BCUT2D eigenvalue weighted by molar-refractivity contribution is 7.08. The maximum atomic E-state index is 10.3. The van der Waals surface area contributed by atoms with Crippen molar-refractivity contribution in [1.29, 1.82) is 0 Å². The van der Waals surface area contributed by atoms with Crippen molar-refractivity contribution in [3.8, 4) is 17.0 Å². The molecule has 5 rings (SSSR count). The Morgan fingerprint density at radius 1 is 1.12 bits per heavy atom. The lowest BCUT2D eigenvalue weighted by molar-refractivity contribution is 0.457. The maximum Gasteiger partial charge on any atom is 0.199 e. The molecule has 4 aromatic heterocycles. The van der Waals surface area contributed by atoms with Crippen LogP contribution in [-0.2, 0) is 0 Å². The Labute approximate surface area is 151 Å². The largest absolute Gasteiger partial charge is 0.494 e. The summed E-state index contributed by atoms with van der Waals surface area (Å²) in [7, 11) is 0. The highest BCUT2D eigenvalue weighted by atomic mass is 32.1. The van der Waals surface area contributed by atoms with Crippen molar-refractivity contribution in [2.75, 3.05) is 0 Å². The molecule has 0 amide bonds. The van der Waals surface area contributed by atoms with Crippen LogP contribution >= 0.6 is 11.3 Å². The summed E-state index contributed by atoms with van der Waals surface area (Å²) in [5.41, 5.74) is 5.06. The number of aromatic hydroxyl groups is 1. The van der Waals surface area contributed by atoms with Crippen molar-refractivity contribution in [2.24, 2.45) is 4.99 Å². The molecule has 0 aliphatic heterocycles. The summed E-state index contributed by atoms with van der Waals surface area (Å²) in [5, 5.41) is 23.2. The number of nitrogens with zero attached hydrogens (tertiary/aromatic N) is 3. The first kappa shape index (κ1) is 14.9. The maximum absolute atomic E-state index is 10.3. The van der Waals surface area contributed by atoms with Crippen LogP contribution in [0.4, 0.5) is 5.69 Å². The highest BCUT2D eigenvalue weighted by Gasteiger charge is 2.11. The zero-order valence-electron chi connectivity index (χ0n) is 13.5. The number of aliphatic imine (C=N–C) groups is 1. The molecule has 0 spiro atoms. The Morgan fingerprint density at radius 3 is 2.96 bits per heavy atom. The summed E-state index contributed by atoms with van der Waals surface area (Å²) in [5.74, 6) is 0.0568. The van der Waals surface area contributed by atoms with Gasteiger partial charge < -0.3 is 10.1 Å². The Bertz CT molecular complexity index is 1250. The lowest BCUT2D eigenvalue weighted by Crippen LogP contribution is -1.82. The van der Waals surface area contributed by atoms with Gasteiger partial charge in [-0.2, -0.15) is 16.4 Å². The van der Waals surface area contributed by atoms with E-state index in [1.165, 1.54) is 0 Å². The smallest absolute Gasteiger partial charge is 0.199 e. The molecule has 0 atom stereocenters. The first-order valence-electron chi connectivity index (χ1n) is 7.98. The predicted octanol–water partition coefficient (Wildman–Crippen LogP) is 4.62. The number of H-pyrrole nitrogens is 2. The fourth-order valence-corrected chi connectivity index (χ4v) is 3.60. The number of aromatic nitrogens is 4. The number of nitrogens with one attached hydrogen (secondary N) is 2. The van der Waals surface area contributed by atoms with E-state index in [2.05, 4.69) is 30.5 Å². The highest BCUT2D eigenvalue weighted by Crippen LogP contribution is 2.30. The Balaban J connectivity index is 1.58. The molecule has 5 aromatic rings. The van der Waals surface area contributed by atoms with Gasteiger partial charge in [0.2, 0.25) is 0 Å². The second-order valence-electron chi connectivity index (χ2n) is 5.92. The molecule has 7 heteroatoms. The van der Waals surface area contributed by atoms with Crippen molar-refractivity contribution in [3.05, 3.63) is 59.0 Å². The van der Waals surface area contributed by atoms with E-state index in [1.807, 2.05) is 35.7 Å². The van der Waals surface area contributed by atoms with Gasteiger partial charge >= 0.3 is 0 Å². The Hall–Kier alpha value is -3.45. The molecule has 0 unspecified atom stereocenters. The van der Waals surface area contributed by atoms with Crippen molar-refractivity contribution in [2.45, 2.75) is 0 Å². The molecule has 0 saturated heterocycles. The molecule has 0 saturated carbocycles. The van der Waals surface area contributed by atoms with Crippen LogP contribution in [0.3, 0.4) is 0 Å². The number of benzene rings is 1. The summed E-state index contributed by atoms with van der Waals surface area (Å²) in [6.07, 6.45) is 5.23. The number of thiophene rings is 1. The second-order valence-corrected chi connectivity index (χ2v) is 6.70. The number of fused-ring (bicyclic) bond motifs is 2. The van der Waals surface area contributed by atoms with Gasteiger partial charge in [-0.15, -0.1) is 0 Å². The summed E-state index contributed by atoms with van der Waals surface area (Å²) in [6.45, 7) is 0. The zero-order valence-corrected chi connectivity index (χ0v) is 14.3. The first-order valence-corrected chi connectivity index (χ1v) is 8.93. The second kappa shape index (κ2) is 5.82. The fraction of sp³-hybridized carbons (Fsp3) is 0. The van der Waals surface area contributed by atoms with E-state index in [4.69, 9.17) is 0 Å². The number of aromatic amines is 2. The molecule has 0 fully saturated rings. The number of pyridine rings is 1. The van der Waals surface area contributed by atoms with Crippen LogP contribution in [0.1, 0.15) is 5.56 Å². The van der Waals surface area contributed by atoms with Gasteiger partial charge in [0, 0.05) is 28.7 Å². The van der Waals surface area contributed by atoms with Gasteiger partial charge in [-0.05, 0) is 46.7 Å². The van der Waals surface area contributed by atoms with Crippen LogP contribution in [-0.4, -0.2) is 31.5 Å². The van der Waals surface area contributed by atoms with E-state index < -0.39 is 0 Å².